The fourth-order valence-electron chi connectivity index (χ4n) is 0.625. The largest absolute Gasteiger partial charge is 0.480 e. The molecule has 0 saturated heterocycles. The second-order valence-electron chi connectivity index (χ2n) is 2.46. The molecule has 0 aromatic heterocycles. The van der Waals surface area contributed by atoms with E-state index in [1.54, 1.807) is 0 Å². The standard InChI is InChI=1S/C6H13NO4S2/c1-7(3-4-12-2)13(10,11)5-6(8)9/h3-5H2,1-2H3,(H,8,9). The van der Waals surface area contributed by atoms with Crippen LogP contribution in [0.4, 0.5) is 0 Å². The van der Waals surface area contributed by atoms with Crippen LogP contribution in [0, 0.1) is 0 Å². The van der Waals surface area contributed by atoms with E-state index >= 15 is 0 Å². The number of hydrogen-bond donors (Lipinski definition) is 1. The normalized spacial score (nSPS) is 11.9. The number of nitrogens with zero attached hydrogens (tertiary/aromatic N) is 1. The maximum Gasteiger partial charge on any atom is 0.320 e. The van der Waals surface area contributed by atoms with Gasteiger partial charge in [0.05, 0.1) is 0 Å². The minimum Gasteiger partial charge on any atom is -0.480 e. The maximum atomic E-state index is 11.2. The molecule has 78 valence electrons. The molecule has 5 nitrogen and oxygen atoms in total. The second-order valence-corrected chi connectivity index (χ2v) is 5.53. The average molecular weight is 227 g/mol. The third-order valence-corrected chi connectivity index (χ3v) is 3.73. The first-order chi connectivity index (χ1) is 5.90. The van der Waals surface area contributed by atoms with Crippen LogP contribution in [0.3, 0.4) is 0 Å². The van der Waals surface area contributed by atoms with Crippen LogP contribution in [0.25, 0.3) is 0 Å². The number of carbonyl (C=O) groups is 1. The Balaban J connectivity index is 4.20. The van der Waals surface area contributed by atoms with Crippen molar-refractivity contribution in [1.29, 1.82) is 0 Å². The Bertz CT molecular complexity index is 262. The van der Waals surface area contributed by atoms with Gasteiger partial charge in [0, 0.05) is 19.3 Å². The monoisotopic (exact) mass is 227 g/mol. The maximum absolute atomic E-state index is 11.2. The second kappa shape index (κ2) is 5.46. The van der Waals surface area contributed by atoms with Crippen molar-refractivity contribution in [2.24, 2.45) is 0 Å². The van der Waals surface area contributed by atoms with E-state index in [2.05, 4.69) is 0 Å². The van der Waals surface area contributed by atoms with Gasteiger partial charge in [-0.15, -0.1) is 0 Å². The molecule has 0 atom stereocenters. The number of rotatable bonds is 6. The summed E-state index contributed by atoms with van der Waals surface area (Å²) < 4.78 is 23.4. The van der Waals surface area contributed by atoms with Crippen LogP contribution in [0.1, 0.15) is 0 Å². The summed E-state index contributed by atoms with van der Waals surface area (Å²) in [5.41, 5.74) is 0. The van der Waals surface area contributed by atoms with Crippen molar-refractivity contribution in [3.63, 3.8) is 0 Å². The molecule has 0 rings (SSSR count). The number of sulfonamides is 1. The van der Waals surface area contributed by atoms with Gasteiger partial charge in [-0.25, -0.2) is 12.7 Å². The predicted octanol–water partition coefficient (Wildman–Crippen LogP) is -0.304. The summed E-state index contributed by atoms with van der Waals surface area (Å²) in [4.78, 5) is 10.2. The van der Waals surface area contributed by atoms with Gasteiger partial charge in [0.2, 0.25) is 10.0 Å². The first-order valence-corrected chi connectivity index (χ1v) is 6.55. The topological polar surface area (TPSA) is 74.7 Å². The van der Waals surface area contributed by atoms with E-state index in [1.807, 2.05) is 6.26 Å². The molecule has 0 saturated carbocycles. The summed E-state index contributed by atoms with van der Waals surface area (Å²) >= 11 is 1.51. The molecular weight excluding hydrogens is 214 g/mol. The van der Waals surface area contributed by atoms with Crippen LogP contribution in [-0.2, 0) is 14.8 Å². The van der Waals surface area contributed by atoms with Crippen LogP contribution in [0.2, 0.25) is 0 Å². The number of carboxylic acids is 1. The highest BCUT2D eigenvalue weighted by Crippen LogP contribution is 2.00. The van der Waals surface area contributed by atoms with Crippen LogP contribution < -0.4 is 0 Å². The Kier molecular flexibility index (Phi) is 5.34. The number of hydrogen-bond acceptors (Lipinski definition) is 4. The lowest BCUT2D eigenvalue weighted by Crippen LogP contribution is -2.33. The van der Waals surface area contributed by atoms with Gasteiger partial charge < -0.3 is 5.11 Å². The number of thioether (sulfide) groups is 1. The van der Waals surface area contributed by atoms with Gasteiger partial charge >= 0.3 is 5.97 Å². The number of aliphatic carboxylic acids is 1. The van der Waals surface area contributed by atoms with Crippen molar-refractivity contribution in [3.05, 3.63) is 0 Å². The van der Waals surface area contributed by atoms with Gasteiger partial charge in [-0.1, -0.05) is 0 Å². The Labute approximate surface area is 82.2 Å². The smallest absolute Gasteiger partial charge is 0.320 e. The van der Waals surface area contributed by atoms with Crippen molar-refractivity contribution in [3.8, 4) is 0 Å². The van der Waals surface area contributed by atoms with E-state index in [4.69, 9.17) is 5.11 Å². The summed E-state index contributed by atoms with van der Waals surface area (Å²) in [5, 5.41) is 8.31. The van der Waals surface area contributed by atoms with Crippen LogP contribution in [-0.4, -0.2) is 55.2 Å². The zero-order valence-electron chi connectivity index (χ0n) is 7.56. The summed E-state index contributed by atoms with van der Waals surface area (Å²) in [5.74, 6) is -1.50. The Morgan fingerprint density at radius 2 is 2.08 bits per heavy atom. The van der Waals surface area contributed by atoms with Gasteiger partial charge in [0.25, 0.3) is 0 Å². The first kappa shape index (κ1) is 12.7. The molecule has 0 aliphatic carbocycles. The summed E-state index contributed by atoms with van der Waals surface area (Å²) in [6.07, 6.45) is 1.86. The summed E-state index contributed by atoms with van der Waals surface area (Å²) in [6.45, 7) is 0.344. The van der Waals surface area contributed by atoms with Crippen LogP contribution in [0.5, 0.6) is 0 Å². The fourth-order valence-corrected chi connectivity index (χ4v) is 2.10. The third kappa shape index (κ3) is 5.12. The minimum atomic E-state index is -3.61. The lowest BCUT2D eigenvalue weighted by atomic mass is 10.8. The zero-order chi connectivity index (χ0) is 10.5. The Morgan fingerprint density at radius 1 is 1.54 bits per heavy atom. The van der Waals surface area contributed by atoms with Crippen molar-refractivity contribution in [1.82, 2.24) is 4.31 Å². The molecule has 0 fully saturated rings. The molecule has 0 unspecified atom stereocenters. The molecule has 0 radical (unpaired) electrons. The van der Waals surface area contributed by atoms with Crippen LogP contribution >= 0.6 is 11.8 Å². The van der Waals surface area contributed by atoms with Crippen molar-refractivity contribution >= 4 is 27.8 Å². The molecule has 0 aliphatic heterocycles. The Morgan fingerprint density at radius 3 is 2.46 bits per heavy atom. The fraction of sp³-hybridized carbons (Fsp3) is 0.833. The minimum absolute atomic E-state index is 0.344. The predicted molar refractivity (Wildman–Crippen MR) is 52.4 cm³/mol. The highest BCUT2D eigenvalue weighted by atomic mass is 32.2. The van der Waals surface area contributed by atoms with Gasteiger partial charge in [0.15, 0.2) is 5.75 Å². The molecule has 0 bridgehead atoms. The Hall–Kier alpha value is -0.270. The molecule has 1 N–H and O–H groups in total. The molecule has 13 heavy (non-hydrogen) atoms. The van der Waals surface area contributed by atoms with E-state index in [9.17, 15) is 13.2 Å². The molecule has 0 aromatic rings. The molecule has 0 aromatic carbocycles. The van der Waals surface area contributed by atoms with E-state index in [-0.39, 0.29) is 0 Å². The third-order valence-electron chi connectivity index (χ3n) is 1.39. The lowest BCUT2D eigenvalue weighted by Gasteiger charge is -2.14. The van der Waals surface area contributed by atoms with E-state index in [0.717, 1.165) is 4.31 Å². The van der Waals surface area contributed by atoms with Gasteiger partial charge in [-0.05, 0) is 6.26 Å². The summed E-state index contributed by atoms with van der Waals surface area (Å²) in [7, 11) is -2.23. The van der Waals surface area contributed by atoms with Crippen molar-refractivity contribution < 1.29 is 18.3 Å². The quantitative estimate of drug-likeness (QED) is 0.674. The highest BCUT2D eigenvalue weighted by Gasteiger charge is 2.20. The van der Waals surface area contributed by atoms with Gasteiger partial charge in [-0.3, -0.25) is 4.79 Å². The van der Waals surface area contributed by atoms with E-state index in [0.29, 0.717) is 12.3 Å². The zero-order valence-corrected chi connectivity index (χ0v) is 9.19. The van der Waals surface area contributed by atoms with Crippen LogP contribution in [0.15, 0.2) is 0 Å². The van der Waals surface area contributed by atoms with Gasteiger partial charge in [0.1, 0.15) is 0 Å². The van der Waals surface area contributed by atoms with Crippen molar-refractivity contribution in [2.75, 3.05) is 31.4 Å². The lowest BCUT2D eigenvalue weighted by molar-refractivity contribution is -0.134. The molecule has 0 heterocycles. The highest BCUT2D eigenvalue weighted by molar-refractivity contribution is 7.98. The first-order valence-electron chi connectivity index (χ1n) is 3.55. The molecule has 0 amide bonds. The molecular formula is C6H13NO4S2. The van der Waals surface area contributed by atoms with Gasteiger partial charge in [-0.2, -0.15) is 11.8 Å². The number of carboxylic acid groups (broad SMARTS) is 1. The molecule has 7 heteroatoms. The van der Waals surface area contributed by atoms with E-state index < -0.39 is 21.7 Å². The molecule has 0 aliphatic rings. The molecule has 0 spiro atoms. The average Bonchev–Trinajstić information content (AvgIpc) is 1.97. The SMILES string of the molecule is CSCCN(C)S(=O)(=O)CC(=O)O. The summed E-state index contributed by atoms with van der Waals surface area (Å²) in [6, 6.07) is 0. The van der Waals surface area contributed by atoms with E-state index in [1.165, 1.54) is 18.8 Å². The van der Waals surface area contributed by atoms with Crippen molar-refractivity contribution in [2.45, 2.75) is 0 Å².